The number of nitro benzene ring substituents is 1. The summed E-state index contributed by atoms with van der Waals surface area (Å²) in [5.74, 6) is -0.225. The molecule has 2 atom stereocenters. The summed E-state index contributed by atoms with van der Waals surface area (Å²) in [7, 11) is 0. The molecule has 10 nitrogen and oxygen atoms in total. The molecule has 36 heavy (non-hydrogen) atoms. The fourth-order valence-corrected chi connectivity index (χ4v) is 5.75. The summed E-state index contributed by atoms with van der Waals surface area (Å²) >= 11 is 0. The molecule has 3 aromatic rings. The van der Waals surface area contributed by atoms with E-state index in [-0.39, 0.29) is 24.0 Å². The molecule has 186 valence electrons. The van der Waals surface area contributed by atoms with E-state index in [9.17, 15) is 19.7 Å². The Morgan fingerprint density at radius 3 is 2.67 bits per heavy atom. The number of carbonyl (C=O) groups excluding carboxylic acids is 2. The van der Waals surface area contributed by atoms with Crippen LogP contribution in [0.25, 0.3) is 10.9 Å². The molecular formula is C26H27N5O5. The first-order valence-electron chi connectivity index (χ1n) is 12.2. The molecule has 6 rings (SSSR count). The lowest BCUT2D eigenvalue weighted by Gasteiger charge is -2.47. The second-order valence-electron chi connectivity index (χ2n) is 9.55. The van der Waals surface area contributed by atoms with Gasteiger partial charge in [-0.25, -0.2) is 0 Å². The van der Waals surface area contributed by atoms with Crippen LogP contribution in [0.15, 0.2) is 48.5 Å². The first-order valence-corrected chi connectivity index (χ1v) is 12.2. The van der Waals surface area contributed by atoms with E-state index in [2.05, 4.69) is 9.88 Å². The zero-order valence-corrected chi connectivity index (χ0v) is 19.8. The van der Waals surface area contributed by atoms with Crippen molar-refractivity contribution >= 4 is 28.4 Å². The molecule has 0 bridgehead atoms. The van der Waals surface area contributed by atoms with Crippen LogP contribution in [0.3, 0.4) is 0 Å². The smallest absolute Gasteiger partial charge is 0.269 e. The summed E-state index contributed by atoms with van der Waals surface area (Å²) in [6.45, 7) is 4.17. The highest BCUT2D eigenvalue weighted by Crippen LogP contribution is 2.43. The Hall–Kier alpha value is -3.76. The molecule has 3 aliphatic heterocycles. The molecule has 2 unspecified atom stereocenters. The maximum atomic E-state index is 13.8. The van der Waals surface area contributed by atoms with Gasteiger partial charge in [0.2, 0.25) is 11.8 Å². The third kappa shape index (κ3) is 3.82. The number of non-ortho nitro benzene ring substituents is 1. The predicted octanol–water partition coefficient (Wildman–Crippen LogP) is 2.09. The number of aromatic nitrogens is 1. The van der Waals surface area contributed by atoms with Crippen molar-refractivity contribution in [3.8, 4) is 0 Å². The molecule has 0 aliphatic carbocycles. The summed E-state index contributed by atoms with van der Waals surface area (Å²) in [5, 5.41) is 12.5. The van der Waals surface area contributed by atoms with Crippen LogP contribution in [0.2, 0.25) is 0 Å². The van der Waals surface area contributed by atoms with Crippen LogP contribution < -0.4 is 0 Å². The summed E-state index contributed by atoms with van der Waals surface area (Å²) in [6.07, 6.45) is 0.406. The topological polar surface area (TPSA) is 112 Å². The summed E-state index contributed by atoms with van der Waals surface area (Å²) < 4.78 is 5.41. The molecule has 1 N–H and O–H groups in total. The first kappa shape index (κ1) is 22.7. The van der Waals surface area contributed by atoms with Gasteiger partial charge in [-0.05, 0) is 17.2 Å². The zero-order chi connectivity index (χ0) is 24.8. The van der Waals surface area contributed by atoms with Crippen molar-refractivity contribution in [3.05, 3.63) is 75.5 Å². The van der Waals surface area contributed by atoms with E-state index in [1.807, 2.05) is 24.3 Å². The molecule has 1 aromatic heterocycles. The Bertz CT molecular complexity index is 1350. The van der Waals surface area contributed by atoms with Gasteiger partial charge in [0.25, 0.3) is 5.69 Å². The maximum absolute atomic E-state index is 13.8. The standard InChI is InChI=1S/C26H27N5O5/c32-23-16-29(9-8-28-10-12-36-13-11-28)26(33)22-15-20-19-6-1-2-7-21(19)27-24(20)25(30(22)23)17-4-3-5-18(14-17)31(34)35/h1-7,14,22,25,27H,8-13,15-16H2. The third-order valence-corrected chi connectivity index (χ3v) is 7.53. The molecule has 4 heterocycles. The summed E-state index contributed by atoms with van der Waals surface area (Å²) in [4.78, 5) is 47.5. The van der Waals surface area contributed by atoms with Crippen LogP contribution in [-0.4, -0.2) is 88.4 Å². The van der Waals surface area contributed by atoms with Gasteiger partial charge in [-0.1, -0.05) is 30.3 Å². The number of hydrogen-bond donors (Lipinski definition) is 1. The van der Waals surface area contributed by atoms with Crippen LogP contribution in [0.5, 0.6) is 0 Å². The van der Waals surface area contributed by atoms with Crippen molar-refractivity contribution in [1.82, 2.24) is 19.7 Å². The lowest BCUT2D eigenvalue weighted by molar-refractivity contribution is -0.384. The number of aromatic amines is 1. The van der Waals surface area contributed by atoms with Gasteiger partial charge in [-0.15, -0.1) is 0 Å². The molecule has 2 aromatic carbocycles. The summed E-state index contributed by atoms with van der Waals surface area (Å²) in [5.41, 5.74) is 3.29. The second-order valence-corrected chi connectivity index (χ2v) is 9.55. The van der Waals surface area contributed by atoms with Crippen molar-refractivity contribution in [2.45, 2.75) is 18.5 Å². The predicted molar refractivity (Wildman–Crippen MR) is 131 cm³/mol. The molecule has 2 saturated heterocycles. The van der Waals surface area contributed by atoms with E-state index in [1.165, 1.54) is 12.1 Å². The molecule has 3 aliphatic rings. The molecule has 2 fully saturated rings. The molecule has 10 heteroatoms. The van der Waals surface area contributed by atoms with Gasteiger partial charge in [0.05, 0.1) is 30.7 Å². The third-order valence-electron chi connectivity index (χ3n) is 7.53. The number of H-pyrrole nitrogens is 1. The number of nitrogens with zero attached hydrogens (tertiary/aromatic N) is 4. The monoisotopic (exact) mass is 489 g/mol. The highest BCUT2D eigenvalue weighted by Gasteiger charge is 2.48. The minimum atomic E-state index is -0.660. The lowest BCUT2D eigenvalue weighted by Crippen LogP contribution is -2.63. The van der Waals surface area contributed by atoms with Crippen molar-refractivity contribution in [2.24, 2.45) is 0 Å². The summed E-state index contributed by atoms with van der Waals surface area (Å²) in [6, 6.07) is 13.0. The Morgan fingerprint density at radius 2 is 1.86 bits per heavy atom. The van der Waals surface area contributed by atoms with E-state index in [0.717, 1.165) is 35.2 Å². The minimum absolute atomic E-state index is 0.000657. The Labute approximate surface area is 207 Å². The van der Waals surface area contributed by atoms with Gasteiger partial charge < -0.3 is 19.5 Å². The molecule has 2 amide bonds. The number of fused-ring (bicyclic) bond motifs is 4. The van der Waals surface area contributed by atoms with Crippen LogP contribution in [0.1, 0.15) is 22.9 Å². The average Bonchev–Trinajstić information content (AvgIpc) is 3.28. The van der Waals surface area contributed by atoms with Gasteiger partial charge in [0.1, 0.15) is 6.04 Å². The number of piperazine rings is 1. The van der Waals surface area contributed by atoms with E-state index in [1.54, 1.807) is 21.9 Å². The van der Waals surface area contributed by atoms with Gasteiger partial charge in [-0.3, -0.25) is 24.6 Å². The van der Waals surface area contributed by atoms with E-state index in [0.29, 0.717) is 38.3 Å². The van der Waals surface area contributed by atoms with Gasteiger partial charge >= 0.3 is 0 Å². The fraction of sp³-hybridized carbons (Fsp3) is 0.385. The normalized spacial score (nSPS) is 22.6. The highest BCUT2D eigenvalue weighted by molar-refractivity contribution is 5.97. The van der Waals surface area contributed by atoms with E-state index < -0.39 is 17.0 Å². The number of para-hydroxylation sites is 1. The molecule has 0 spiro atoms. The SMILES string of the molecule is O=C1C2Cc3c([nH]c4ccccc34)C(c3cccc([N+](=O)[O-])c3)N2C(=O)CN1CCN1CCOCC1. The fourth-order valence-electron chi connectivity index (χ4n) is 5.75. The average molecular weight is 490 g/mol. The maximum Gasteiger partial charge on any atom is 0.269 e. The minimum Gasteiger partial charge on any atom is -0.379 e. The van der Waals surface area contributed by atoms with Crippen molar-refractivity contribution in [3.63, 3.8) is 0 Å². The highest BCUT2D eigenvalue weighted by atomic mass is 16.6. The number of nitro groups is 1. The number of benzene rings is 2. The number of rotatable bonds is 5. The van der Waals surface area contributed by atoms with Crippen molar-refractivity contribution < 1.29 is 19.2 Å². The molecule has 0 saturated carbocycles. The van der Waals surface area contributed by atoms with Crippen LogP contribution >= 0.6 is 0 Å². The number of amides is 2. The Balaban J connectivity index is 1.39. The number of morpholine rings is 1. The molecular weight excluding hydrogens is 462 g/mol. The Morgan fingerprint density at radius 1 is 1.06 bits per heavy atom. The van der Waals surface area contributed by atoms with Gasteiger partial charge in [0, 0.05) is 61.3 Å². The van der Waals surface area contributed by atoms with Crippen molar-refractivity contribution in [1.29, 1.82) is 0 Å². The van der Waals surface area contributed by atoms with Crippen LogP contribution in [-0.2, 0) is 20.7 Å². The zero-order valence-electron chi connectivity index (χ0n) is 19.8. The number of ether oxygens (including phenoxy) is 1. The number of hydrogen-bond acceptors (Lipinski definition) is 6. The second kappa shape index (κ2) is 9.03. The van der Waals surface area contributed by atoms with E-state index >= 15 is 0 Å². The van der Waals surface area contributed by atoms with Gasteiger partial charge in [-0.2, -0.15) is 0 Å². The molecule has 0 radical (unpaired) electrons. The quantitative estimate of drug-likeness (QED) is 0.434. The van der Waals surface area contributed by atoms with Crippen molar-refractivity contribution in [2.75, 3.05) is 45.9 Å². The largest absolute Gasteiger partial charge is 0.379 e. The number of nitrogens with one attached hydrogen (secondary N) is 1. The van der Waals surface area contributed by atoms with Crippen LogP contribution in [0.4, 0.5) is 5.69 Å². The first-order chi connectivity index (χ1) is 17.5. The lowest BCUT2D eigenvalue weighted by atomic mass is 9.86. The number of carbonyl (C=O) groups is 2. The van der Waals surface area contributed by atoms with Gasteiger partial charge in [0.15, 0.2) is 0 Å². The Kier molecular flexibility index (Phi) is 5.69. The van der Waals surface area contributed by atoms with E-state index in [4.69, 9.17) is 4.74 Å². The van der Waals surface area contributed by atoms with Crippen LogP contribution in [0, 0.1) is 10.1 Å².